The summed E-state index contributed by atoms with van der Waals surface area (Å²) in [6.07, 6.45) is 2.57. The highest BCUT2D eigenvalue weighted by molar-refractivity contribution is 5.66. The Hall–Kier alpha value is -2.09. The van der Waals surface area contributed by atoms with Crippen LogP contribution in [0.3, 0.4) is 0 Å². The molecule has 0 aromatic carbocycles. The molecule has 0 spiro atoms. The monoisotopic (exact) mass is 239 g/mol. The molecule has 4 N–H and O–H groups in total. The fourth-order valence-corrected chi connectivity index (χ4v) is 1.67. The molecule has 8 nitrogen and oxygen atoms in total. The van der Waals surface area contributed by atoms with Crippen LogP contribution in [-0.2, 0) is 6.54 Å². The first-order valence-electron chi connectivity index (χ1n) is 5.22. The minimum Gasteiger partial charge on any atom is -0.710 e. The third kappa shape index (κ3) is 2.07. The van der Waals surface area contributed by atoms with Gasteiger partial charge in [0, 0.05) is 6.61 Å². The SMILES string of the molecule is Nc1nc2c(c(=O)[nH]1)[n+]([O-])cn2CCCCO. The maximum Gasteiger partial charge on any atom is 0.304 e. The Morgan fingerprint density at radius 3 is 3.06 bits per heavy atom. The first-order chi connectivity index (χ1) is 8.13. The summed E-state index contributed by atoms with van der Waals surface area (Å²) in [5, 5.41) is 20.2. The van der Waals surface area contributed by atoms with Crippen molar-refractivity contribution in [3.05, 3.63) is 21.9 Å². The van der Waals surface area contributed by atoms with Gasteiger partial charge in [-0.3, -0.25) is 9.78 Å². The molecule has 0 amide bonds. The second-order valence-corrected chi connectivity index (χ2v) is 3.69. The molecule has 17 heavy (non-hydrogen) atoms. The maximum absolute atomic E-state index is 11.5. The highest BCUT2D eigenvalue weighted by Gasteiger charge is 2.17. The van der Waals surface area contributed by atoms with E-state index in [0.717, 1.165) is 0 Å². The molecule has 0 atom stereocenters. The van der Waals surface area contributed by atoms with E-state index in [4.69, 9.17) is 10.8 Å². The Morgan fingerprint density at radius 1 is 1.59 bits per heavy atom. The molecule has 2 aromatic rings. The van der Waals surface area contributed by atoms with E-state index >= 15 is 0 Å². The lowest BCUT2D eigenvalue weighted by Crippen LogP contribution is -2.29. The number of fused-ring (bicyclic) bond motifs is 1. The fourth-order valence-electron chi connectivity index (χ4n) is 1.67. The van der Waals surface area contributed by atoms with E-state index in [1.807, 2.05) is 0 Å². The van der Waals surface area contributed by atoms with Gasteiger partial charge >= 0.3 is 5.56 Å². The highest BCUT2D eigenvalue weighted by atomic mass is 16.5. The van der Waals surface area contributed by atoms with Crippen molar-refractivity contribution in [1.82, 2.24) is 14.5 Å². The van der Waals surface area contributed by atoms with E-state index < -0.39 is 5.56 Å². The van der Waals surface area contributed by atoms with E-state index in [1.165, 1.54) is 6.33 Å². The predicted octanol–water partition coefficient (Wildman–Crippen LogP) is -1.29. The Morgan fingerprint density at radius 2 is 2.35 bits per heavy atom. The standard InChI is InChI=1S/C9H13N5O3/c10-9-11-7-6(8(16)12-9)14(17)5-13(7)3-1-2-4-15/h5,15H,1-4H2,(H3,10,11,12,16). The van der Waals surface area contributed by atoms with Crippen molar-refractivity contribution in [3.8, 4) is 0 Å². The molecule has 92 valence electrons. The maximum atomic E-state index is 11.5. The largest absolute Gasteiger partial charge is 0.710 e. The average Bonchev–Trinajstić information content (AvgIpc) is 2.56. The summed E-state index contributed by atoms with van der Waals surface area (Å²) in [6.45, 7) is 0.592. The summed E-state index contributed by atoms with van der Waals surface area (Å²) in [7, 11) is 0. The van der Waals surface area contributed by atoms with E-state index in [2.05, 4.69) is 9.97 Å². The Balaban J connectivity index is 2.47. The van der Waals surface area contributed by atoms with Crippen LogP contribution in [-0.4, -0.2) is 26.2 Å². The van der Waals surface area contributed by atoms with Gasteiger partial charge in [0.25, 0.3) is 11.2 Å². The van der Waals surface area contributed by atoms with Crippen LogP contribution in [0.25, 0.3) is 11.2 Å². The number of hydrogen-bond donors (Lipinski definition) is 3. The number of H-pyrrole nitrogens is 1. The lowest BCUT2D eigenvalue weighted by Gasteiger charge is -1.96. The number of rotatable bonds is 4. The molecule has 0 aliphatic rings. The Bertz CT molecular complexity index is 588. The average molecular weight is 239 g/mol. The molecule has 0 aliphatic heterocycles. The van der Waals surface area contributed by atoms with Gasteiger partial charge in [-0.2, -0.15) is 4.98 Å². The number of aliphatic hydroxyl groups is 1. The lowest BCUT2D eigenvalue weighted by atomic mass is 10.3. The number of unbranched alkanes of at least 4 members (excludes halogenated alkanes) is 1. The number of imidazole rings is 1. The number of aromatic amines is 1. The summed E-state index contributed by atoms with van der Waals surface area (Å²) < 4.78 is 2.03. The van der Waals surface area contributed by atoms with Gasteiger partial charge in [0.1, 0.15) is 0 Å². The normalized spacial score (nSPS) is 11.1. The molecular formula is C9H13N5O3. The molecule has 8 heteroatoms. The molecule has 0 aliphatic carbocycles. The minimum atomic E-state index is -0.552. The summed E-state index contributed by atoms with van der Waals surface area (Å²) in [4.78, 5) is 17.7. The van der Waals surface area contributed by atoms with Gasteiger partial charge in [-0.25, -0.2) is 9.30 Å². The number of aliphatic hydroxyl groups excluding tert-OH is 1. The van der Waals surface area contributed by atoms with Crippen molar-refractivity contribution < 1.29 is 9.84 Å². The Labute approximate surface area is 95.9 Å². The summed E-state index contributed by atoms with van der Waals surface area (Å²) in [6, 6.07) is 0. The summed E-state index contributed by atoms with van der Waals surface area (Å²) >= 11 is 0. The van der Waals surface area contributed by atoms with Crippen LogP contribution >= 0.6 is 0 Å². The Kier molecular flexibility index (Phi) is 2.96. The number of nitrogens with one attached hydrogen (secondary N) is 1. The van der Waals surface area contributed by atoms with Crippen molar-refractivity contribution in [3.63, 3.8) is 0 Å². The van der Waals surface area contributed by atoms with Gasteiger partial charge in [-0.05, 0) is 12.8 Å². The van der Waals surface area contributed by atoms with Gasteiger partial charge in [0.15, 0.2) is 0 Å². The van der Waals surface area contributed by atoms with Crippen molar-refractivity contribution in [2.45, 2.75) is 19.4 Å². The van der Waals surface area contributed by atoms with Crippen molar-refractivity contribution in [1.29, 1.82) is 0 Å². The van der Waals surface area contributed by atoms with Gasteiger partial charge in [0.2, 0.25) is 12.3 Å². The zero-order valence-corrected chi connectivity index (χ0v) is 9.09. The second kappa shape index (κ2) is 4.42. The van der Waals surface area contributed by atoms with Gasteiger partial charge in [0.05, 0.1) is 6.54 Å². The molecule has 2 aromatic heterocycles. The van der Waals surface area contributed by atoms with E-state index in [1.54, 1.807) is 4.57 Å². The summed E-state index contributed by atoms with van der Waals surface area (Å²) in [5.41, 5.74) is 5.08. The molecule has 2 rings (SSSR count). The molecule has 0 saturated heterocycles. The predicted molar refractivity (Wildman–Crippen MR) is 60.0 cm³/mol. The molecule has 0 bridgehead atoms. The second-order valence-electron chi connectivity index (χ2n) is 3.69. The number of nitrogen functional groups attached to an aromatic ring is 1. The molecule has 0 saturated carbocycles. The van der Waals surface area contributed by atoms with Crippen LogP contribution in [0.2, 0.25) is 0 Å². The van der Waals surface area contributed by atoms with Crippen molar-refractivity contribution in [2.75, 3.05) is 12.3 Å². The first kappa shape index (κ1) is 11.4. The number of anilines is 1. The first-order valence-corrected chi connectivity index (χ1v) is 5.22. The van der Waals surface area contributed by atoms with Gasteiger partial charge < -0.3 is 16.0 Å². The van der Waals surface area contributed by atoms with Crippen LogP contribution in [0.4, 0.5) is 5.95 Å². The number of nitrogens with two attached hydrogens (primary N) is 1. The lowest BCUT2D eigenvalue weighted by molar-refractivity contribution is -0.578. The highest BCUT2D eigenvalue weighted by Crippen LogP contribution is 2.06. The van der Waals surface area contributed by atoms with Crippen LogP contribution in [0.1, 0.15) is 12.8 Å². The summed E-state index contributed by atoms with van der Waals surface area (Å²) in [5.74, 6) is -0.0235. The molecular weight excluding hydrogens is 226 g/mol. The number of nitrogens with zero attached hydrogens (tertiary/aromatic N) is 3. The zero-order chi connectivity index (χ0) is 12.4. The van der Waals surface area contributed by atoms with Crippen LogP contribution in [0.15, 0.2) is 11.1 Å². The number of aromatic nitrogens is 4. The third-order valence-corrected chi connectivity index (χ3v) is 2.44. The number of hydrogen-bond acceptors (Lipinski definition) is 5. The van der Waals surface area contributed by atoms with Crippen LogP contribution in [0.5, 0.6) is 0 Å². The van der Waals surface area contributed by atoms with Gasteiger partial charge in [-0.15, -0.1) is 0 Å². The van der Waals surface area contributed by atoms with E-state index in [9.17, 15) is 10.0 Å². The zero-order valence-electron chi connectivity index (χ0n) is 9.09. The topological polar surface area (TPSA) is 124 Å². The number of aryl methyl sites for hydroxylation is 1. The quantitative estimate of drug-likeness (QED) is 0.348. The van der Waals surface area contributed by atoms with Gasteiger partial charge in [-0.1, -0.05) is 0 Å². The van der Waals surface area contributed by atoms with Crippen LogP contribution in [0, 0.1) is 5.21 Å². The van der Waals surface area contributed by atoms with E-state index in [-0.39, 0.29) is 23.7 Å². The molecule has 2 heterocycles. The molecule has 0 fully saturated rings. The molecule has 0 radical (unpaired) electrons. The third-order valence-electron chi connectivity index (χ3n) is 2.44. The molecule has 0 unspecified atom stereocenters. The van der Waals surface area contributed by atoms with E-state index in [0.29, 0.717) is 24.1 Å². The van der Waals surface area contributed by atoms with Crippen LogP contribution < -0.4 is 16.0 Å². The fraction of sp³-hybridized carbons (Fsp3) is 0.444. The smallest absolute Gasteiger partial charge is 0.304 e. The van der Waals surface area contributed by atoms with Crippen molar-refractivity contribution >= 4 is 17.1 Å². The minimum absolute atomic E-state index is 0.0235. The van der Waals surface area contributed by atoms with Crippen molar-refractivity contribution in [2.24, 2.45) is 0 Å².